The third kappa shape index (κ3) is 4.78. The van der Waals surface area contributed by atoms with Crippen LogP contribution in [0.3, 0.4) is 0 Å². The smallest absolute Gasteiger partial charge is 0.290 e. The third-order valence-corrected chi connectivity index (χ3v) is 4.32. The van der Waals surface area contributed by atoms with Gasteiger partial charge in [0, 0.05) is 11.9 Å². The minimum absolute atomic E-state index is 0.0663. The number of nitrogens with one attached hydrogen (secondary N) is 2. The average Bonchev–Trinajstić information content (AvgIpc) is 2.74. The monoisotopic (exact) mass is 394 g/mol. The Morgan fingerprint density at radius 3 is 2.41 bits per heavy atom. The fourth-order valence-corrected chi connectivity index (χ4v) is 2.76. The predicted octanol–water partition coefficient (Wildman–Crippen LogP) is 1.95. The number of rotatable bonds is 6. The number of carbonyl (C=O) groups excluding carboxylic acids is 2. The summed E-state index contributed by atoms with van der Waals surface area (Å²) in [6.45, 7) is 4.24. The lowest BCUT2D eigenvalue weighted by atomic mass is 10.1. The van der Waals surface area contributed by atoms with Crippen LogP contribution in [-0.2, 0) is 11.3 Å². The molecular weight excluding hydrogens is 372 g/mol. The summed E-state index contributed by atoms with van der Waals surface area (Å²) in [7, 11) is 0. The Hall–Kier alpha value is -3.68. The first-order valence-electron chi connectivity index (χ1n) is 9.28. The number of hydrogen-bond acceptors (Lipinski definition) is 5. The van der Waals surface area contributed by atoms with E-state index in [1.807, 2.05) is 31.2 Å². The summed E-state index contributed by atoms with van der Waals surface area (Å²) in [4.78, 5) is 36.9. The van der Waals surface area contributed by atoms with Crippen LogP contribution >= 0.6 is 0 Å². The molecule has 0 aliphatic carbocycles. The van der Waals surface area contributed by atoms with Crippen LogP contribution in [0.1, 0.15) is 29.4 Å². The van der Waals surface area contributed by atoms with Crippen LogP contribution in [0.2, 0.25) is 0 Å². The molecule has 2 amide bonds. The standard InChI is InChI=1S/C21H22N4O4/c1-3-25-21(28)17-7-5-4-6-16(17)19(24-25)20(27)23-22-18(26)12-13-29-15-10-8-14(2)9-11-15/h4-11H,3,12-13H2,1-2H3,(H,22,26)(H,23,27). The molecule has 0 radical (unpaired) electrons. The maximum atomic E-state index is 12.5. The molecule has 2 N–H and O–H groups in total. The van der Waals surface area contributed by atoms with Crippen molar-refractivity contribution in [1.29, 1.82) is 0 Å². The number of aromatic nitrogens is 2. The van der Waals surface area contributed by atoms with Gasteiger partial charge in [-0.05, 0) is 32.0 Å². The molecule has 3 rings (SSSR count). The van der Waals surface area contributed by atoms with Crippen molar-refractivity contribution in [2.75, 3.05) is 6.61 Å². The van der Waals surface area contributed by atoms with Crippen LogP contribution in [-0.4, -0.2) is 28.2 Å². The summed E-state index contributed by atoms with van der Waals surface area (Å²) in [5.41, 5.74) is 5.61. The Morgan fingerprint density at radius 2 is 1.72 bits per heavy atom. The molecule has 3 aromatic rings. The van der Waals surface area contributed by atoms with Crippen LogP contribution in [0.5, 0.6) is 5.75 Å². The zero-order valence-corrected chi connectivity index (χ0v) is 16.3. The number of carbonyl (C=O) groups is 2. The fourth-order valence-electron chi connectivity index (χ4n) is 2.76. The van der Waals surface area contributed by atoms with Crippen molar-refractivity contribution in [3.05, 3.63) is 70.1 Å². The van der Waals surface area contributed by atoms with Crippen molar-refractivity contribution in [1.82, 2.24) is 20.6 Å². The second-order valence-corrected chi connectivity index (χ2v) is 6.43. The van der Waals surface area contributed by atoms with E-state index in [-0.39, 0.29) is 24.3 Å². The molecule has 29 heavy (non-hydrogen) atoms. The van der Waals surface area contributed by atoms with Gasteiger partial charge in [-0.25, -0.2) is 4.68 Å². The number of amides is 2. The Labute approximate surface area is 167 Å². The summed E-state index contributed by atoms with van der Waals surface area (Å²) >= 11 is 0. The Kier molecular flexibility index (Phi) is 6.23. The lowest BCUT2D eigenvalue weighted by Gasteiger charge is -2.11. The third-order valence-electron chi connectivity index (χ3n) is 4.32. The topological polar surface area (TPSA) is 102 Å². The van der Waals surface area contributed by atoms with E-state index >= 15 is 0 Å². The first-order valence-corrected chi connectivity index (χ1v) is 9.28. The largest absolute Gasteiger partial charge is 0.493 e. The van der Waals surface area contributed by atoms with Crippen molar-refractivity contribution >= 4 is 22.6 Å². The molecule has 0 spiro atoms. The number of aryl methyl sites for hydroxylation is 2. The number of nitrogens with zero attached hydrogens (tertiary/aromatic N) is 2. The Balaban J connectivity index is 1.60. The van der Waals surface area contributed by atoms with E-state index in [9.17, 15) is 14.4 Å². The number of fused-ring (bicyclic) bond motifs is 1. The van der Waals surface area contributed by atoms with Crippen molar-refractivity contribution in [2.24, 2.45) is 0 Å². The van der Waals surface area contributed by atoms with Gasteiger partial charge < -0.3 is 4.74 Å². The van der Waals surface area contributed by atoms with E-state index < -0.39 is 11.8 Å². The number of hydrazine groups is 1. The quantitative estimate of drug-likeness (QED) is 0.622. The van der Waals surface area contributed by atoms with Gasteiger partial charge in [0.1, 0.15) is 5.75 Å². The molecule has 2 aromatic carbocycles. The highest BCUT2D eigenvalue weighted by Gasteiger charge is 2.16. The van der Waals surface area contributed by atoms with Gasteiger partial charge in [0.25, 0.3) is 11.5 Å². The molecular formula is C21H22N4O4. The highest BCUT2D eigenvalue weighted by atomic mass is 16.5. The minimum Gasteiger partial charge on any atom is -0.493 e. The highest BCUT2D eigenvalue weighted by Crippen LogP contribution is 2.13. The second kappa shape index (κ2) is 9.01. The van der Waals surface area contributed by atoms with Crippen LogP contribution < -0.4 is 21.1 Å². The number of benzene rings is 2. The first-order chi connectivity index (χ1) is 14.0. The molecule has 0 bridgehead atoms. The zero-order valence-electron chi connectivity index (χ0n) is 16.3. The van der Waals surface area contributed by atoms with Crippen molar-refractivity contribution in [3.8, 4) is 5.75 Å². The van der Waals surface area contributed by atoms with E-state index in [2.05, 4.69) is 16.0 Å². The Bertz CT molecular complexity index is 1090. The normalized spacial score (nSPS) is 10.6. The maximum absolute atomic E-state index is 12.5. The van der Waals surface area contributed by atoms with E-state index in [1.165, 1.54) is 4.68 Å². The molecule has 0 fully saturated rings. The van der Waals surface area contributed by atoms with Gasteiger partial charge in [-0.3, -0.25) is 25.2 Å². The molecule has 0 atom stereocenters. The minimum atomic E-state index is -0.601. The summed E-state index contributed by atoms with van der Waals surface area (Å²) in [5.74, 6) is -0.334. The van der Waals surface area contributed by atoms with Gasteiger partial charge in [-0.15, -0.1) is 0 Å². The van der Waals surface area contributed by atoms with Crippen molar-refractivity contribution in [3.63, 3.8) is 0 Å². The average molecular weight is 394 g/mol. The van der Waals surface area contributed by atoms with Gasteiger partial charge in [0.2, 0.25) is 5.91 Å². The second-order valence-electron chi connectivity index (χ2n) is 6.43. The lowest BCUT2D eigenvalue weighted by molar-refractivity contribution is -0.122. The van der Waals surface area contributed by atoms with E-state index in [1.54, 1.807) is 31.2 Å². The fraction of sp³-hybridized carbons (Fsp3) is 0.238. The maximum Gasteiger partial charge on any atom is 0.290 e. The van der Waals surface area contributed by atoms with Crippen molar-refractivity contribution in [2.45, 2.75) is 26.8 Å². The first kappa shape index (κ1) is 20.1. The van der Waals surface area contributed by atoms with E-state index in [0.717, 1.165) is 5.56 Å². The van der Waals surface area contributed by atoms with Gasteiger partial charge in [0.05, 0.1) is 18.4 Å². The molecule has 150 valence electrons. The molecule has 0 aliphatic rings. The molecule has 1 aromatic heterocycles. The molecule has 0 unspecified atom stereocenters. The molecule has 0 saturated carbocycles. The van der Waals surface area contributed by atoms with Crippen molar-refractivity contribution < 1.29 is 14.3 Å². The molecule has 8 nitrogen and oxygen atoms in total. The molecule has 0 aliphatic heterocycles. The SMILES string of the molecule is CCn1nc(C(=O)NNC(=O)CCOc2ccc(C)cc2)c2ccccc2c1=O. The summed E-state index contributed by atoms with van der Waals surface area (Å²) < 4.78 is 6.72. The highest BCUT2D eigenvalue weighted by molar-refractivity contribution is 6.05. The predicted molar refractivity (Wildman–Crippen MR) is 109 cm³/mol. The van der Waals surface area contributed by atoms with Crippen LogP contribution in [0.15, 0.2) is 53.3 Å². The summed E-state index contributed by atoms with van der Waals surface area (Å²) in [5, 5.41) is 4.94. The number of ether oxygens (including phenoxy) is 1. The van der Waals surface area contributed by atoms with E-state index in [4.69, 9.17) is 4.74 Å². The Morgan fingerprint density at radius 1 is 1.03 bits per heavy atom. The molecule has 8 heteroatoms. The number of hydrogen-bond donors (Lipinski definition) is 2. The van der Waals surface area contributed by atoms with E-state index in [0.29, 0.717) is 23.1 Å². The van der Waals surface area contributed by atoms with Gasteiger partial charge in [-0.1, -0.05) is 35.9 Å². The van der Waals surface area contributed by atoms with Crippen LogP contribution in [0, 0.1) is 6.92 Å². The lowest BCUT2D eigenvalue weighted by Crippen LogP contribution is -2.43. The van der Waals surface area contributed by atoms with Crippen LogP contribution in [0.4, 0.5) is 0 Å². The molecule has 0 saturated heterocycles. The van der Waals surface area contributed by atoms with Gasteiger partial charge in [0.15, 0.2) is 5.69 Å². The van der Waals surface area contributed by atoms with Gasteiger partial charge >= 0.3 is 0 Å². The van der Waals surface area contributed by atoms with Crippen LogP contribution in [0.25, 0.3) is 10.8 Å². The summed E-state index contributed by atoms with van der Waals surface area (Å²) in [6, 6.07) is 14.2. The zero-order chi connectivity index (χ0) is 20.8. The summed E-state index contributed by atoms with van der Waals surface area (Å²) in [6.07, 6.45) is 0.0663. The van der Waals surface area contributed by atoms with Gasteiger partial charge in [-0.2, -0.15) is 5.10 Å². The molecule has 1 heterocycles.